The molecule has 0 radical (unpaired) electrons. The molecule has 1 aliphatic heterocycles. The normalized spacial score (nSPS) is 23.0. The number of nitrogens with zero attached hydrogens (tertiary/aromatic N) is 1. The molecule has 1 heterocycles. The third-order valence-electron chi connectivity index (χ3n) is 3.34. The Balaban J connectivity index is 1.91. The third kappa shape index (κ3) is 4.17. The topological polar surface area (TPSA) is 116 Å². The van der Waals surface area contributed by atoms with Gasteiger partial charge in [-0.2, -0.15) is 0 Å². The number of nitrogens with one attached hydrogen (secondary N) is 1. The minimum atomic E-state index is -3.11. The molecule has 1 aromatic rings. The number of ether oxygens (including phenoxy) is 1. The fourth-order valence-electron chi connectivity index (χ4n) is 2.32. The standard InChI is InChI=1S/C13H16N2O6S/c1-13(5-6-22(19,20)9-13)14-12(16)8-21-11-4-2-3-10(7-11)15(17)18/h2-4,7H,5-6,8-9H2,1H3,(H,14,16). The molecule has 0 aromatic heterocycles. The molecule has 0 saturated carbocycles. The van der Waals surface area contributed by atoms with Crippen LogP contribution < -0.4 is 10.1 Å². The van der Waals surface area contributed by atoms with Gasteiger partial charge in [-0.3, -0.25) is 14.9 Å². The van der Waals surface area contributed by atoms with Gasteiger partial charge in [-0.25, -0.2) is 8.42 Å². The predicted molar refractivity (Wildman–Crippen MR) is 78.4 cm³/mol. The minimum Gasteiger partial charge on any atom is -0.484 e. The number of carbonyl (C=O) groups excluding carboxylic acids is 1. The highest BCUT2D eigenvalue weighted by molar-refractivity contribution is 7.91. The van der Waals surface area contributed by atoms with Gasteiger partial charge >= 0.3 is 0 Å². The lowest BCUT2D eigenvalue weighted by molar-refractivity contribution is -0.384. The Kier molecular flexibility index (Phi) is 4.36. The fourth-order valence-corrected chi connectivity index (χ4v) is 4.41. The largest absolute Gasteiger partial charge is 0.484 e. The average Bonchev–Trinajstić information content (AvgIpc) is 2.70. The monoisotopic (exact) mass is 328 g/mol. The van der Waals surface area contributed by atoms with Crippen molar-refractivity contribution < 1.29 is 22.9 Å². The van der Waals surface area contributed by atoms with Crippen molar-refractivity contribution in [1.82, 2.24) is 5.32 Å². The lowest BCUT2D eigenvalue weighted by Crippen LogP contribution is -2.48. The van der Waals surface area contributed by atoms with Gasteiger partial charge in [-0.1, -0.05) is 6.07 Å². The lowest BCUT2D eigenvalue weighted by atomic mass is 10.0. The molecular formula is C13H16N2O6S. The first-order valence-corrected chi connectivity index (χ1v) is 8.40. The fraction of sp³-hybridized carbons (Fsp3) is 0.462. The highest BCUT2D eigenvalue weighted by Crippen LogP contribution is 2.23. The number of sulfone groups is 1. The molecule has 120 valence electrons. The first-order chi connectivity index (χ1) is 10.2. The van der Waals surface area contributed by atoms with Gasteiger partial charge in [0.2, 0.25) is 0 Å². The van der Waals surface area contributed by atoms with Gasteiger partial charge in [-0.05, 0) is 19.4 Å². The Morgan fingerprint density at radius 2 is 2.23 bits per heavy atom. The van der Waals surface area contributed by atoms with Crippen molar-refractivity contribution in [3.63, 3.8) is 0 Å². The summed E-state index contributed by atoms with van der Waals surface area (Å²) in [5, 5.41) is 13.3. The third-order valence-corrected chi connectivity index (χ3v) is 5.25. The van der Waals surface area contributed by atoms with E-state index in [4.69, 9.17) is 4.74 Å². The molecule has 8 nitrogen and oxygen atoms in total. The number of amides is 1. The molecule has 0 spiro atoms. The van der Waals surface area contributed by atoms with Crippen LogP contribution in [0.25, 0.3) is 0 Å². The number of hydrogen-bond acceptors (Lipinski definition) is 6. The number of hydrogen-bond donors (Lipinski definition) is 1. The minimum absolute atomic E-state index is 0.0511. The van der Waals surface area contributed by atoms with E-state index in [0.717, 1.165) is 0 Å². The van der Waals surface area contributed by atoms with Crippen molar-refractivity contribution in [2.75, 3.05) is 18.1 Å². The highest BCUT2D eigenvalue weighted by atomic mass is 32.2. The second-order valence-electron chi connectivity index (χ2n) is 5.49. The number of nitro benzene ring substituents is 1. The maximum Gasteiger partial charge on any atom is 0.273 e. The number of non-ortho nitro benzene ring substituents is 1. The summed E-state index contributed by atoms with van der Waals surface area (Å²) >= 11 is 0. The van der Waals surface area contributed by atoms with E-state index < -0.39 is 26.2 Å². The van der Waals surface area contributed by atoms with Crippen LogP contribution in [0.4, 0.5) is 5.69 Å². The van der Waals surface area contributed by atoms with Crippen LogP contribution in [0.15, 0.2) is 24.3 Å². The van der Waals surface area contributed by atoms with Gasteiger partial charge in [-0.15, -0.1) is 0 Å². The number of benzene rings is 1. The van der Waals surface area contributed by atoms with Crippen LogP contribution in [0.5, 0.6) is 5.75 Å². The molecule has 22 heavy (non-hydrogen) atoms. The van der Waals surface area contributed by atoms with Crippen LogP contribution in [-0.4, -0.2) is 42.9 Å². The van der Waals surface area contributed by atoms with Gasteiger partial charge < -0.3 is 10.1 Å². The van der Waals surface area contributed by atoms with E-state index in [1.807, 2.05) is 0 Å². The van der Waals surface area contributed by atoms with E-state index in [1.165, 1.54) is 24.3 Å². The summed E-state index contributed by atoms with van der Waals surface area (Å²) in [5.41, 5.74) is -0.922. The van der Waals surface area contributed by atoms with Crippen LogP contribution in [0.3, 0.4) is 0 Å². The average molecular weight is 328 g/mol. The highest BCUT2D eigenvalue weighted by Gasteiger charge is 2.39. The maximum atomic E-state index is 11.8. The van der Waals surface area contributed by atoms with Gasteiger partial charge in [0.15, 0.2) is 16.4 Å². The molecule has 2 rings (SSSR count). The molecule has 1 aromatic carbocycles. The van der Waals surface area contributed by atoms with Crippen LogP contribution in [-0.2, 0) is 14.6 Å². The molecule has 1 aliphatic rings. The van der Waals surface area contributed by atoms with Crippen molar-refractivity contribution in [1.29, 1.82) is 0 Å². The molecule has 0 bridgehead atoms. The maximum absolute atomic E-state index is 11.8. The summed E-state index contributed by atoms with van der Waals surface area (Å²) in [6.07, 6.45) is 0.359. The Bertz CT molecular complexity index is 702. The quantitative estimate of drug-likeness (QED) is 0.627. The second kappa shape index (κ2) is 5.91. The van der Waals surface area contributed by atoms with Crippen molar-refractivity contribution in [2.45, 2.75) is 18.9 Å². The summed E-state index contributed by atoms with van der Waals surface area (Å²) in [5.74, 6) is -0.308. The zero-order valence-electron chi connectivity index (χ0n) is 11.9. The molecule has 1 N–H and O–H groups in total. The van der Waals surface area contributed by atoms with Crippen molar-refractivity contribution in [3.8, 4) is 5.75 Å². The van der Waals surface area contributed by atoms with E-state index in [1.54, 1.807) is 6.92 Å². The Morgan fingerprint density at radius 1 is 1.50 bits per heavy atom. The van der Waals surface area contributed by atoms with Crippen molar-refractivity contribution >= 4 is 21.4 Å². The Morgan fingerprint density at radius 3 is 2.82 bits per heavy atom. The summed E-state index contributed by atoms with van der Waals surface area (Å²) in [6, 6.07) is 5.49. The van der Waals surface area contributed by atoms with Gasteiger partial charge in [0.05, 0.1) is 28.0 Å². The predicted octanol–water partition coefficient (Wildman–Crippen LogP) is 0.667. The van der Waals surface area contributed by atoms with Crippen molar-refractivity contribution in [2.24, 2.45) is 0 Å². The van der Waals surface area contributed by atoms with Gasteiger partial charge in [0, 0.05) is 6.07 Å². The number of carbonyl (C=O) groups is 1. The number of rotatable bonds is 5. The molecule has 1 unspecified atom stereocenters. The van der Waals surface area contributed by atoms with E-state index in [9.17, 15) is 23.3 Å². The van der Waals surface area contributed by atoms with E-state index in [-0.39, 0.29) is 29.5 Å². The van der Waals surface area contributed by atoms with Crippen LogP contribution >= 0.6 is 0 Å². The molecule has 1 amide bonds. The SMILES string of the molecule is CC1(NC(=O)COc2cccc([N+](=O)[O-])c2)CCS(=O)(=O)C1. The van der Waals surface area contributed by atoms with Crippen LogP contribution in [0, 0.1) is 10.1 Å². The second-order valence-corrected chi connectivity index (χ2v) is 7.68. The van der Waals surface area contributed by atoms with E-state index in [2.05, 4.69) is 5.32 Å². The van der Waals surface area contributed by atoms with Gasteiger partial charge in [0.25, 0.3) is 11.6 Å². The zero-order valence-corrected chi connectivity index (χ0v) is 12.8. The molecule has 1 atom stereocenters. The smallest absolute Gasteiger partial charge is 0.273 e. The molecule has 9 heteroatoms. The first-order valence-electron chi connectivity index (χ1n) is 6.58. The van der Waals surface area contributed by atoms with Crippen molar-refractivity contribution in [3.05, 3.63) is 34.4 Å². The van der Waals surface area contributed by atoms with Gasteiger partial charge in [0.1, 0.15) is 5.75 Å². The summed E-state index contributed by atoms with van der Waals surface area (Å²) in [4.78, 5) is 21.9. The number of nitro groups is 1. The Hall–Kier alpha value is -2.16. The molecule has 0 aliphatic carbocycles. The van der Waals surface area contributed by atoms with E-state index >= 15 is 0 Å². The zero-order chi connectivity index (χ0) is 16.4. The van der Waals surface area contributed by atoms with E-state index in [0.29, 0.717) is 6.42 Å². The Labute approximate surface area is 127 Å². The van der Waals surface area contributed by atoms with Crippen LogP contribution in [0.1, 0.15) is 13.3 Å². The molecule has 1 fully saturated rings. The first kappa shape index (κ1) is 16.2. The lowest BCUT2D eigenvalue weighted by Gasteiger charge is -2.23. The molecular weight excluding hydrogens is 312 g/mol. The molecule has 1 saturated heterocycles. The summed E-state index contributed by atoms with van der Waals surface area (Å²) in [7, 11) is -3.11. The summed E-state index contributed by atoms with van der Waals surface area (Å²) in [6.45, 7) is 1.33. The summed E-state index contributed by atoms with van der Waals surface area (Å²) < 4.78 is 28.1. The van der Waals surface area contributed by atoms with Crippen LogP contribution in [0.2, 0.25) is 0 Å².